The van der Waals surface area contributed by atoms with Gasteiger partial charge in [0, 0.05) is 12.8 Å². The molecule has 14 nitrogen and oxygen atoms in total. The van der Waals surface area contributed by atoms with Crippen molar-refractivity contribution in [3.05, 3.63) is 48.6 Å². The van der Waals surface area contributed by atoms with E-state index in [1.54, 1.807) is 0 Å². The number of aliphatic hydroxyl groups is 1. The topological polar surface area (TPSA) is 208 Å². The third kappa shape index (κ3) is 34.9. The van der Waals surface area contributed by atoms with Crippen LogP contribution < -0.4 is 0 Å². The van der Waals surface area contributed by atoms with Crippen molar-refractivity contribution in [2.75, 3.05) is 26.4 Å². The number of allylic oxidation sites excluding steroid dienone is 7. The molecule has 4 N–H and O–H groups in total. The van der Waals surface area contributed by atoms with Crippen molar-refractivity contribution >= 4 is 27.6 Å². The average Bonchev–Trinajstić information content (AvgIpc) is 3.94. The molecule has 0 aromatic heterocycles. The van der Waals surface area contributed by atoms with E-state index in [1.807, 2.05) is 0 Å². The number of aliphatic hydroxyl groups excluding tert-OH is 1. The normalized spacial score (nSPS) is 18.0. The lowest BCUT2D eigenvalue weighted by Crippen LogP contribution is -2.30. The number of ether oxygens (including phenoxy) is 3. The Morgan fingerprint density at radius 1 is 0.603 bits per heavy atom. The van der Waals surface area contributed by atoms with Gasteiger partial charge in [-0.25, -0.2) is 9.13 Å². The van der Waals surface area contributed by atoms with E-state index in [0.717, 1.165) is 77.0 Å². The summed E-state index contributed by atoms with van der Waals surface area (Å²) in [6.07, 6.45) is 35.6. The first-order valence-corrected chi connectivity index (χ1v) is 24.5. The van der Waals surface area contributed by atoms with Crippen molar-refractivity contribution < 1.29 is 66.3 Å². The highest BCUT2D eigenvalue weighted by molar-refractivity contribution is 7.47. The van der Waals surface area contributed by atoms with E-state index in [2.05, 4.69) is 71.5 Å². The maximum absolute atomic E-state index is 12.7. The van der Waals surface area contributed by atoms with Crippen LogP contribution in [0.3, 0.4) is 0 Å². The lowest BCUT2D eigenvalue weighted by Gasteiger charge is -2.20. The van der Waals surface area contributed by atoms with E-state index >= 15 is 0 Å². The Morgan fingerprint density at radius 3 is 1.79 bits per heavy atom. The molecule has 1 rings (SSSR count). The van der Waals surface area contributed by atoms with Gasteiger partial charge in [0.05, 0.1) is 32.0 Å². The fourth-order valence-electron chi connectivity index (χ4n) is 5.71. The van der Waals surface area contributed by atoms with Gasteiger partial charge in [-0.15, -0.1) is 0 Å². The van der Waals surface area contributed by atoms with Crippen molar-refractivity contribution in [3.63, 3.8) is 0 Å². The number of epoxide rings is 1. The molecule has 3 unspecified atom stereocenters. The first-order chi connectivity index (χ1) is 27.8. The van der Waals surface area contributed by atoms with Gasteiger partial charge in [-0.05, 0) is 77.0 Å². The van der Waals surface area contributed by atoms with Gasteiger partial charge in [0.2, 0.25) is 0 Å². The molecule has 5 atom stereocenters. The number of hydrogen-bond donors (Lipinski definition) is 4. The van der Waals surface area contributed by atoms with Crippen LogP contribution in [0.2, 0.25) is 0 Å². The highest BCUT2D eigenvalue weighted by Crippen LogP contribution is 2.44. The van der Waals surface area contributed by atoms with Crippen LogP contribution in [0, 0.1) is 0 Å². The predicted molar refractivity (Wildman–Crippen MR) is 225 cm³/mol. The van der Waals surface area contributed by atoms with Crippen molar-refractivity contribution in [1.29, 1.82) is 0 Å². The molecule has 1 aliphatic rings. The van der Waals surface area contributed by atoms with E-state index in [1.165, 1.54) is 38.5 Å². The molecule has 0 bridgehead atoms. The van der Waals surface area contributed by atoms with Gasteiger partial charge in [-0.2, -0.15) is 0 Å². The molecule has 0 aromatic carbocycles. The van der Waals surface area contributed by atoms with E-state index in [9.17, 15) is 28.7 Å². The van der Waals surface area contributed by atoms with Crippen LogP contribution in [0.25, 0.3) is 0 Å². The molecular weight excluding hydrogens is 790 g/mol. The summed E-state index contributed by atoms with van der Waals surface area (Å²) in [5.41, 5.74) is 0. The summed E-state index contributed by atoms with van der Waals surface area (Å²) in [6, 6.07) is 0. The standard InChI is InChI=1S/C42H74O14P2/c1-3-5-7-8-9-10-11-12-13-14-15-16-20-23-27-31-41(44)51-35-38(36-54-58(49,50)53-34-37(43)33-52-57(46,47)48)55-42(45)32-28-24-21-18-17-19-22-26-30-40-39(56-40)29-25-6-4-2/h9-10,12-13,15-16,22,26,37-40,43H,3-8,11,14,17-21,23-25,27-36H2,1-2H3,(H,49,50)(H2,46,47,48)/b10-9-,13-12-,16-15-,26-22-/t37-,38+,39?,40?/m0/s1. The van der Waals surface area contributed by atoms with Crippen molar-refractivity contribution in [1.82, 2.24) is 0 Å². The maximum atomic E-state index is 12.7. The lowest BCUT2D eigenvalue weighted by molar-refractivity contribution is -0.161. The molecule has 1 aliphatic heterocycles. The van der Waals surface area contributed by atoms with Crippen LogP contribution in [0.5, 0.6) is 0 Å². The molecule has 0 spiro atoms. The number of carbonyl (C=O) groups excluding carboxylic acids is 2. The highest BCUT2D eigenvalue weighted by atomic mass is 31.2. The second kappa shape index (κ2) is 34.7. The Morgan fingerprint density at radius 2 is 1.12 bits per heavy atom. The van der Waals surface area contributed by atoms with Gasteiger partial charge in [-0.1, -0.05) is 114 Å². The SMILES string of the molecule is CCCCC/C=C\C/C=C\C/C=C\CCCCC(=O)OC[C@H](COP(=O)(O)OC[C@@H](O)COP(=O)(O)O)OC(=O)CCCCCCC/C=C\CC1OC1CCCCC. The monoisotopic (exact) mass is 864 g/mol. The Bertz CT molecular complexity index is 1280. The number of unbranched alkanes of at least 4 members (excludes halogenated alkanes) is 12. The summed E-state index contributed by atoms with van der Waals surface area (Å²) in [6.45, 7) is 1.63. The third-order valence-corrected chi connectivity index (χ3v) is 10.5. The first-order valence-electron chi connectivity index (χ1n) is 21.5. The smallest absolute Gasteiger partial charge is 0.462 e. The largest absolute Gasteiger partial charge is 0.472 e. The van der Waals surface area contributed by atoms with Crippen LogP contribution in [0.4, 0.5) is 0 Å². The zero-order chi connectivity index (χ0) is 42.7. The molecule has 58 heavy (non-hydrogen) atoms. The number of carbonyl (C=O) groups is 2. The molecule has 1 heterocycles. The average molecular weight is 865 g/mol. The quantitative estimate of drug-likeness (QED) is 0.0149. The fraction of sp³-hybridized carbons (Fsp3) is 0.762. The second-order valence-corrected chi connectivity index (χ2v) is 17.3. The van der Waals surface area contributed by atoms with Crippen molar-refractivity contribution in [3.8, 4) is 0 Å². The molecule has 0 amide bonds. The summed E-state index contributed by atoms with van der Waals surface area (Å²) >= 11 is 0. The summed E-state index contributed by atoms with van der Waals surface area (Å²) < 4.78 is 53.4. The van der Waals surface area contributed by atoms with Gasteiger partial charge in [-0.3, -0.25) is 23.2 Å². The number of phosphoric ester groups is 2. The summed E-state index contributed by atoms with van der Waals surface area (Å²) in [5.74, 6) is -1.10. The van der Waals surface area contributed by atoms with E-state index in [4.69, 9.17) is 28.5 Å². The van der Waals surface area contributed by atoms with E-state index < -0.39 is 66.2 Å². The molecule has 1 saturated heterocycles. The van der Waals surface area contributed by atoms with Gasteiger partial charge >= 0.3 is 27.6 Å². The number of phosphoric acid groups is 2. The Kier molecular flexibility index (Phi) is 32.4. The highest BCUT2D eigenvalue weighted by Gasteiger charge is 2.36. The van der Waals surface area contributed by atoms with E-state index in [0.29, 0.717) is 25.0 Å². The first kappa shape index (κ1) is 54.1. The minimum Gasteiger partial charge on any atom is -0.462 e. The third-order valence-electron chi connectivity index (χ3n) is 9.10. The van der Waals surface area contributed by atoms with Crippen LogP contribution in [-0.4, -0.2) is 82.6 Å². The van der Waals surface area contributed by atoms with Gasteiger partial charge in [0.25, 0.3) is 0 Å². The Labute approximate surface area is 347 Å². The van der Waals surface area contributed by atoms with Crippen molar-refractivity contribution in [2.45, 2.75) is 180 Å². The molecule has 0 radical (unpaired) electrons. The van der Waals surface area contributed by atoms with Gasteiger partial charge < -0.3 is 34.0 Å². The van der Waals surface area contributed by atoms with Crippen LogP contribution >= 0.6 is 15.6 Å². The minimum absolute atomic E-state index is 0.101. The number of hydrogen-bond acceptors (Lipinski definition) is 11. The number of esters is 2. The molecule has 0 aromatic rings. The number of rotatable bonds is 39. The van der Waals surface area contributed by atoms with E-state index in [-0.39, 0.29) is 12.8 Å². The molecule has 0 aliphatic carbocycles. The predicted octanol–water partition coefficient (Wildman–Crippen LogP) is 9.66. The van der Waals surface area contributed by atoms with Crippen LogP contribution in [-0.2, 0) is 46.5 Å². The summed E-state index contributed by atoms with van der Waals surface area (Å²) in [5, 5.41) is 9.74. The van der Waals surface area contributed by atoms with Gasteiger partial charge in [0.15, 0.2) is 6.10 Å². The lowest BCUT2D eigenvalue weighted by atomic mass is 10.1. The Balaban J connectivity index is 2.40. The molecule has 1 fully saturated rings. The molecule has 16 heteroatoms. The zero-order valence-corrected chi connectivity index (χ0v) is 36.9. The van der Waals surface area contributed by atoms with Crippen LogP contribution in [0.1, 0.15) is 155 Å². The fourth-order valence-corrected chi connectivity index (χ4v) is 6.87. The summed E-state index contributed by atoms with van der Waals surface area (Å²) in [7, 11) is -9.69. The van der Waals surface area contributed by atoms with Crippen LogP contribution in [0.15, 0.2) is 48.6 Å². The zero-order valence-electron chi connectivity index (χ0n) is 35.1. The molecule has 336 valence electrons. The van der Waals surface area contributed by atoms with Crippen molar-refractivity contribution in [2.24, 2.45) is 0 Å². The minimum atomic E-state index is -4.87. The second-order valence-electron chi connectivity index (χ2n) is 14.6. The van der Waals surface area contributed by atoms with Gasteiger partial charge in [0.1, 0.15) is 12.7 Å². The molecular formula is C42H74O14P2. The maximum Gasteiger partial charge on any atom is 0.472 e. The Hall–Kier alpha value is -1.96. The summed E-state index contributed by atoms with van der Waals surface area (Å²) in [4.78, 5) is 52.7. The molecule has 0 saturated carbocycles.